The van der Waals surface area contributed by atoms with E-state index in [4.69, 9.17) is 4.74 Å². The second kappa shape index (κ2) is 4.10. The average Bonchev–Trinajstić information content (AvgIpc) is 2.69. The maximum absolute atomic E-state index is 12.0. The Kier molecular flexibility index (Phi) is 2.98. The highest BCUT2D eigenvalue weighted by Gasteiger charge is 2.33. The van der Waals surface area contributed by atoms with Crippen LogP contribution in [-0.4, -0.2) is 47.8 Å². The van der Waals surface area contributed by atoms with Gasteiger partial charge in [0.05, 0.1) is 18.1 Å². The van der Waals surface area contributed by atoms with E-state index in [9.17, 15) is 9.90 Å². The highest BCUT2D eigenvalue weighted by Crippen LogP contribution is 2.24. The van der Waals surface area contributed by atoms with Gasteiger partial charge < -0.3 is 14.7 Å². The maximum atomic E-state index is 12.0. The van der Waals surface area contributed by atoms with Crippen molar-refractivity contribution >= 4 is 5.91 Å². The number of ether oxygens (including phenoxy) is 1. The SMILES string of the molecule is CC1(O)CCN(C(=O)C2CCOC2)CC1. The van der Waals surface area contributed by atoms with E-state index in [-0.39, 0.29) is 11.8 Å². The number of likely N-dealkylation sites (tertiary alicyclic amines) is 1. The number of rotatable bonds is 1. The Morgan fingerprint density at radius 2 is 2.13 bits per heavy atom. The Morgan fingerprint density at radius 1 is 1.47 bits per heavy atom. The molecule has 1 N–H and O–H groups in total. The minimum absolute atomic E-state index is 0.0630. The molecule has 0 bridgehead atoms. The van der Waals surface area contributed by atoms with E-state index in [0.717, 1.165) is 6.42 Å². The van der Waals surface area contributed by atoms with Gasteiger partial charge in [-0.15, -0.1) is 0 Å². The number of carbonyl (C=O) groups is 1. The number of amides is 1. The van der Waals surface area contributed by atoms with E-state index >= 15 is 0 Å². The lowest BCUT2D eigenvalue weighted by Crippen LogP contribution is -2.47. The van der Waals surface area contributed by atoms with Crippen molar-refractivity contribution in [2.24, 2.45) is 5.92 Å². The van der Waals surface area contributed by atoms with Gasteiger partial charge in [-0.05, 0) is 26.2 Å². The summed E-state index contributed by atoms with van der Waals surface area (Å²) < 4.78 is 5.21. The van der Waals surface area contributed by atoms with Crippen molar-refractivity contribution in [3.8, 4) is 0 Å². The third-order valence-corrected chi connectivity index (χ3v) is 3.43. The third-order valence-electron chi connectivity index (χ3n) is 3.43. The molecule has 1 unspecified atom stereocenters. The van der Waals surface area contributed by atoms with Crippen LogP contribution < -0.4 is 0 Å². The smallest absolute Gasteiger partial charge is 0.228 e. The molecule has 1 amide bonds. The topological polar surface area (TPSA) is 49.8 Å². The summed E-state index contributed by atoms with van der Waals surface area (Å²) in [5, 5.41) is 9.78. The summed E-state index contributed by atoms with van der Waals surface area (Å²) in [4.78, 5) is 13.8. The van der Waals surface area contributed by atoms with Crippen molar-refractivity contribution in [2.45, 2.75) is 31.8 Å². The minimum Gasteiger partial charge on any atom is -0.390 e. The van der Waals surface area contributed by atoms with Crippen LogP contribution in [0.15, 0.2) is 0 Å². The van der Waals surface area contributed by atoms with E-state index in [2.05, 4.69) is 0 Å². The molecule has 0 radical (unpaired) electrons. The molecule has 2 aliphatic rings. The van der Waals surface area contributed by atoms with Crippen LogP contribution >= 0.6 is 0 Å². The van der Waals surface area contributed by atoms with Gasteiger partial charge in [-0.25, -0.2) is 0 Å². The fraction of sp³-hybridized carbons (Fsp3) is 0.909. The Balaban J connectivity index is 1.87. The minimum atomic E-state index is -0.580. The molecule has 0 aromatic rings. The predicted molar refractivity (Wildman–Crippen MR) is 55.4 cm³/mol. The zero-order chi connectivity index (χ0) is 10.9. The number of aliphatic hydroxyl groups is 1. The Bertz CT molecular complexity index is 236. The largest absolute Gasteiger partial charge is 0.390 e. The van der Waals surface area contributed by atoms with Crippen molar-refractivity contribution in [3.05, 3.63) is 0 Å². The van der Waals surface area contributed by atoms with Crippen molar-refractivity contribution in [3.63, 3.8) is 0 Å². The third kappa shape index (κ3) is 2.49. The van der Waals surface area contributed by atoms with Crippen LogP contribution in [0.5, 0.6) is 0 Å². The number of hydrogen-bond donors (Lipinski definition) is 1. The summed E-state index contributed by atoms with van der Waals surface area (Å²) in [5.74, 6) is 0.274. The van der Waals surface area contributed by atoms with Crippen molar-refractivity contribution in [1.82, 2.24) is 4.90 Å². The summed E-state index contributed by atoms with van der Waals surface area (Å²) in [5.41, 5.74) is -0.580. The first-order chi connectivity index (χ1) is 7.08. The highest BCUT2D eigenvalue weighted by molar-refractivity contribution is 5.79. The van der Waals surface area contributed by atoms with E-state index in [0.29, 0.717) is 39.1 Å². The molecule has 0 aromatic carbocycles. The standard InChI is InChI=1S/C11H19NO3/c1-11(14)3-5-12(6-4-11)10(13)9-2-7-15-8-9/h9,14H,2-8H2,1H3. The molecule has 0 saturated carbocycles. The predicted octanol–water partition coefficient (Wildman–Crippen LogP) is 0.396. The Hall–Kier alpha value is -0.610. The van der Waals surface area contributed by atoms with Gasteiger partial charge in [-0.1, -0.05) is 0 Å². The fourth-order valence-electron chi connectivity index (χ4n) is 2.20. The quantitative estimate of drug-likeness (QED) is 0.685. The molecule has 2 rings (SSSR count). The first kappa shape index (κ1) is 10.9. The van der Waals surface area contributed by atoms with Gasteiger partial charge in [0.1, 0.15) is 0 Å². The van der Waals surface area contributed by atoms with Crippen molar-refractivity contribution < 1.29 is 14.6 Å². The summed E-state index contributed by atoms with van der Waals surface area (Å²) in [6.07, 6.45) is 2.23. The molecule has 0 aromatic heterocycles. The molecular formula is C11H19NO3. The second-order valence-electron chi connectivity index (χ2n) is 4.88. The van der Waals surface area contributed by atoms with Gasteiger partial charge in [-0.2, -0.15) is 0 Å². The number of piperidine rings is 1. The molecule has 1 atom stereocenters. The van der Waals surface area contributed by atoms with Gasteiger partial charge in [0.25, 0.3) is 0 Å². The van der Waals surface area contributed by atoms with Gasteiger partial charge in [-0.3, -0.25) is 4.79 Å². The summed E-state index contributed by atoms with van der Waals surface area (Å²) >= 11 is 0. The first-order valence-corrected chi connectivity index (χ1v) is 5.67. The summed E-state index contributed by atoms with van der Waals surface area (Å²) in [6, 6.07) is 0. The summed E-state index contributed by atoms with van der Waals surface area (Å²) in [6.45, 7) is 4.49. The van der Waals surface area contributed by atoms with E-state index < -0.39 is 5.60 Å². The molecule has 4 heteroatoms. The van der Waals surface area contributed by atoms with Gasteiger partial charge >= 0.3 is 0 Å². The van der Waals surface area contributed by atoms with Crippen LogP contribution in [0, 0.1) is 5.92 Å². The van der Waals surface area contributed by atoms with Crippen LogP contribution in [-0.2, 0) is 9.53 Å². The Labute approximate surface area is 90.2 Å². The number of carbonyl (C=O) groups excluding carboxylic acids is 1. The molecule has 2 saturated heterocycles. The van der Waals surface area contributed by atoms with Crippen LogP contribution in [0.2, 0.25) is 0 Å². The highest BCUT2D eigenvalue weighted by atomic mass is 16.5. The molecule has 2 heterocycles. The molecular weight excluding hydrogens is 194 g/mol. The van der Waals surface area contributed by atoms with Crippen molar-refractivity contribution in [2.75, 3.05) is 26.3 Å². The average molecular weight is 213 g/mol. The zero-order valence-electron chi connectivity index (χ0n) is 9.24. The molecule has 4 nitrogen and oxygen atoms in total. The molecule has 86 valence electrons. The van der Waals surface area contributed by atoms with Crippen LogP contribution in [0.3, 0.4) is 0 Å². The lowest BCUT2D eigenvalue weighted by atomic mass is 9.93. The lowest BCUT2D eigenvalue weighted by Gasteiger charge is -2.36. The monoisotopic (exact) mass is 213 g/mol. The van der Waals surface area contributed by atoms with E-state index in [1.165, 1.54) is 0 Å². The van der Waals surface area contributed by atoms with Gasteiger partial charge in [0.2, 0.25) is 5.91 Å². The van der Waals surface area contributed by atoms with E-state index in [1.807, 2.05) is 11.8 Å². The van der Waals surface area contributed by atoms with Crippen LogP contribution in [0.1, 0.15) is 26.2 Å². The van der Waals surface area contributed by atoms with Crippen LogP contribution in [0.4, 0.5) is 0 Å². The van der Waals surface area contributed by atoms with E-state index in [1.54, 1.807) is 0 Å². The molecule has 2 fully saturated rings. The van der Waals surface area contributed by atoms with Gasteiger partial charge in [0.15, 0.2) is 0 Å². The number of nitrogens with zero attached hydrogens (tertiary/aromatic N) is 1. The normalized spacial score (nSPS) is 30.5. The van der Waals surface area contributed by atoms with Crippen molar-refractivity contribution in [1.29, 1.82) is 0 Å². The maximum Gasteiger partial charge on any atom is 0.228 e. The van der Waals surface area contributed by atoms with Crippen LogP contribution in [0.25, 0.3) is 0 Å². The Morgan fingerprint density at radius 3 is 2.67 bits per heavy atom. The first-order valence-electron chi connectivity index (χ1n) is 5.67. The van der Waals surface area contributed by atoms with Gasteiger partial charge in [0, 0.05) is 19.7 Å². The molecule has 2 aliphatic heterocycles. The second-order valence-corrected chi connectivity index (χ2v) is 4.88. The fourth-order valence-corrected chi connectivity index (χ4v) is 2.20. The molecule has 0 aliphatic carbocycles. The molecule has 0 spiro atoms. The number of hydrogen-bond acceptors (Lipinski definition) is 3. The summed E-state index contributed by atoms with van der Waals surface area (Å²) in [7, 11) is 0. The zero-order valence-corrected chi connectivity index (χ0v) is 9.24. The lowest BCUT2D eigenvalue weighted by molar-refractivity contribution is -0.139. The molecule has 15 heavy (non-hydrogen) atoms.